The van der Waals surface area contributed by atoms with E-state index in [9.17, 15) is 4.79 Å². The van der Waals surface area contributed by atoms with Crippen LogP contribution in [0.4, 0.5) is 0 Å². The first kappa shape index (κ1) is 10.4. The molecule has 1 aromatic carbocycles. The highest BCUT2D eigenvalue weighted by Crippen LogP contribution is 2.11. The molecule has 0 saturated heterocycles. The Morgan fingerprint density at radius 3 is 2.69 bits per heavy atom. The van der Waals surface area contributed by atoms with Crippen LogP contribution in [0.1, 0.15) is 23.1 Å². The molecule has 0 amide bonds. The average Bonchev–Trinajstić information content (AvgIpc) is 2.69. The van der Waals surface area contributed by atoms with Crippen molar-refractivity contribution in [2.45, 2.75) is 13.5 Å². The molecule has 0 atom stereocenters. The maximum Gasteiger partial charge on any atom is 0.195 e. The standard InChI is InChI=1S/C12H12N2O2/c1-9(15)12-13-6-7-14(12)8-10-2-4-11(16)5-3-10/h2-7,16H,8H2,1H3. The summed E-state index contributed by atoms with van der Waals surface area (Å²) in [6, 6.07) is 6.89. The Morgan fingerprint density at radius 2 is 2.06 bits per heavy atom. The molecule has 0 radical (unpaired) electrons. The molecule has 0 spiro atoms. The first-order valence-corrected chi connectivity index (χ1v) is 4.97. The Labute approximate surface area is 93.2 Å². The van der Waals surface area contributed by atoms with E-state index < -0.39 is 0 Å². The smallest absolute Gasteiger partial charge is 0.195 e. The van der Waals surface area contributed by atoms with Gasteiger partial charge in [0, 0.05) is 25.9 Å². The second-order valence-electron chi connectivity index (χ2n) is 3.60. The first-order valence-electron chi connectivity index (χ1n) is 4.97. The molecule has 1 heterocycles. The minimum absolute atomic E-state index is 0.0521. The largest absolute Gasteiger partial charge is 0.508 e. The number of carbonyl (C=O) groups excluding carboxylic acids is 1. The van der Waals surface area contributed by atoms with Crippen molar-refractivity contribution >= 4 is 5.78 Å². The summed E-state index contributed by atoms with van der Waals surface area (Å²) in [5, 5.41) is 9.15. The highest BCUT2D eigenvalue weighted by molar-refractivity contribution is 5.90. The molecule has 2 aromatic rings. The lowest BCUT2D eigenvalue weighted by Crippen LogP contribution is -2.07. The summed E-state index contributed by atoms with van der Waals surface area (Å²) in [5.41, 5.74) is 1.01. The summed E-state index contributed by atoms with van der Waals surface area (Å²) >= 11 is 0. The van der Waals surface area contributed by atoms with Gasteiger partial charge in [0.1, 0.15) is 5.75 Å². The van der Waals surface area contributed by atoms with Gasteiger partial charge in [-0.3, -0.25) is 4.79 Å². The third-order valence-electron chi connectivity index (χ3n) is 2.32. The van der Waals surface area contributed by atoms with E-state index in [1.807, 2.05) is 12.1 Å². The summed E-state index contributed by atoms with van der Waals surface area (Å²) in [4.78, 5) is 15.2. The number of aromatic hydroxyl groups is 1. The van der Waals surface area contributed by atoms with Crippen LogP contribution < -0.4 is 0 Å². The summed E-state index contributed by atoms with van der Waals surface area (Å²) in [6.07, 6.45) is 3.38. The molecule has 0 bridgehead atoms. The van der Waals surface area contributed by atoms with E-state index in [1.165, 1.54) is 6.92 Å². The normalized spacial score (nSPS) is 10.3. The summed E-state index contributed by atoms with van der Waals surface area (Å²) in [5.74, 6) is 0.637. The van der Waals surface area contributed by atoms with E-state index in [-0.39, 0.29) is 11.5 Å². The predicted molar refractivity (Wildman–Crippen MR) is 59.4 cm³/mol. The molecular formula is C12H12N2O2. The zero-order valence-corrected chi connectivity index (χ0v) is 8.92. The highest BCUT2D eigenvalue weighted by Gasteiger charge is 2.07. The fraction of sp³-hybridized carbons (Fsp3) is 0.167. The topological polar surface area (TPSA) is 55.1 Å². The van der Waals surface area contributed by atoms with E-state index in [0.717, 1.165) is 5.56 Å². The molecule has 4 nitrogen and oxygen atoms in total. The van der Waals surface area contributed by atoms with Crippen LogP contribution in [0.15, 0.2) is 36.7 Å². The van der Waals surface area contributed by atoms with Gasteiger partial charge in [-0.15, -0.1) is 0 Å². The zero-order valence-electron chi connectivity index (χ0n) is 8.92. The van der Waals surface area contributed by atoms with E-state index in [2.05, 4.69) is 4.98 Å². The van der Waals surface area contributed by atoms with Crippen LogP contribution in [0.25, 0.3) is 0 Å². The number of hydrogen-bond acceptors (Lipinski definition) is 3. The predicted octanol–water partition coefficient (Wildman–Crippen LogP) is 1.84. The van der Waals surface area contributed by atoms with Crippen molar-refractivity contribution in [3.8, 4) is 5.75 Å². The fourth-order valence-corrected chi connectivity index (χ4v) is 1.55. The maximum atomic E-state index is 11.2. The van der Waals surface area contributed by atoms with Crippen molar-refractivity contribution in [1.82, 2.24) is 9.55 Å². The molecule has 0 aliphatic heterocycles. The van der Waals surface area contributed by atoms with Gasteiger partial charge in [0.15, 0.2) is 11.6 Å². The van der Waals surface area contributed by atoms with Gasteiger partial charge < -0.3 is 9.67 Å². The average molecular weight is 216 g/mol. The van der Waals surface area contributed by atoms with Crippen molar-refractivity contribution in [3.05, 3.63) is 48.0 Å². The summed E-state index contributed by atoms with van der Waals surface area (Å²) in [7, 11) is 0. The molecule has 0 fully saturated rings. The molecule has 82 valence electrons. The van der Waals surface area contributed by atoms with Crippen molar-refractivity contribution in [2.75, 3.05) is 0 Å². The molecule has 4 heteroatoms. The zero-order chi connectivity index (χ0) is 11.5. The van der Waals surface area contributed by atoms with Gasteiger partial charge in [-0.05, 0) is 17.7 Å². The van der Waals surface area contributed by atoms with E-state index in [1.54, 1.807) is 29.1 Å². The van der Waals surface area contributed by atoms with E-state index >= 15 is 0 Å². The van der Waals surface area contributed by atoms with Crippen molar-refractivity contribution in [3.63, 3.8) is 0 Å². The number of hydrogen-bond donors (Lipinski definition) is 1. The van der Waals surface area contributed by atoms with Gasteiger partial charge in [0.05, 0.1) is 0 Å². The minimum atomic E-state index is -0.0521. The van der Waals surface area contributed by atoms with Gasteiger partial charge >= 0.3 is 0 Å². The monoisotopic (exact) mass is 216 g/mol. The number of phenols is 1. The quantitative estimate of drug-likeness (QED) is 0.796. The number of benzene rings is 1. The maximum absolute atomic E-state index is 11.2. The van der Waals surface area contributed by atoms with Crippen LogP contribution in [0.3, 0.4) is 0 Å². The Hall–Kier alpha value is -2.10. The number of phenolic OH excluding ortho intramolecular Hbond substituents is 1. The van der Waals surface area contributed by atoms with Crippen LogP contribution in [-0.2, 0) is 6.54 Å². The molecule has 1 N–H and O–H groups in total. The van der Waals surface area contributed by atoms with Crippen LogP contribution >= 0.6 is 0 Å². The molecule has 0 saturated carbocycles. The van der Waals surface area contributed by atoms with Crippen LogP contribution in [0, 0.1) is 0 Å². The number of imidazole rings is 1. The van der Waals surface area contributed by atoms with Gasteiger partial charge in [-0.2, -0.15) is 0 Å². The van der Waals surface area contributed by atoms with Gasteiger partial charge in [0.2, 0.25) is 0 Å². The third kappa shape index (κ3) is 2.11. The van der Waals surface area contributed by atoms with Crippen molar-refractivity contribution in [2.24, 2.45) is 0 Å². The summed E-state index contributed by atoms with van der Waals surface area (Å²) in [6.45, 7) is 2.07. The lowest BCUT2D eigenvalue weighted by atomic mass is 10.2. The Bertz CT molecular complexity index is 500. The number of rotatable bonds is 3. The Morgan fingerprint density at radius 1 is 1.38 bits per heavy atom. The van der Waals surface area contributed by atoms with Crippen LogP contribution in [0.5, 0.6) is 5.75 Å². The number of ketones is 1. The number of nitrogens with zero attached hydrogens (tertiary/aromatic N) is 2. The third-order valence-corrected chi connectivity index (χ3v) is 2.32. The van der Waals surface area contributed by atoms with E-state index in [4.69, 9.17) is 5.11 Å². The molecular weight excluding hydrogens is 204 g/mol. The molecule has 0 aliphatic rings. The van der Waals surface area contributed by atoms with E-state index in [0.29, 0.717) is 12.4 Å². The molecule has 0 unspecified atom stereocenters. The van der Waals surface area contributed by atoms with Crippen molar-refractivity contribution < 1.29 is 9.90 Å². The second-order valence-corrected chi connectivity index (χ2v) is 3.60. The Kier molecular flexibility index (Phi) is 2.72. The SMILES string of the molecule is CC(=O)c1nccn1Cc1ccc(O)cc1. The summed E-state index contributed by atoms with van der Waals surface area (Å²) < 4.78 is 1.79. The molecule has 16 heavy (non-hydrogen) atoms. The minimum Gasteiger partial charge on any atom is -0.508 e. The van der Waals surface area contributed by atoms with Gasteiger partial charge in [-0.25, -0.2) is 4.98 Å². The lowest BCUT2D eigenvalue weighted by Gasteiger charge is -2.05. The fourth-order valence-electron chi connectivity index (χ4n) is 1.55. The second kappa shape index (κ2) is 4.18. The van der Waals surface area contributed by atoms with Crippen molar-refractivity contribution in [1.29, 1.82) is 0 Å². The highest BCUT2D eigenvalue weighted by atomic mass is 16.3. The van der Waals surface area contributed by atoms with Crippen LogP contribution in [0.2, 0.25) is 0 Å². The molecule has 2 rings (SSSR count). The first-order chi connectivity index (χ1) is 7.66. The molecule has 1 aromatic heterocycles. The number of aromatic nitrogens is 2. The lowest BCUT2D eigenvalue weighted by molar-refractivity contribution is 0.1000. The molecule has 0 aliphatic carbocycles. The Balaban J connectivity index is 2.23. The van der Waals surface area contributed by atoms with Gasteiger partial charge in [0.25, 0.3) is 0 Å². The number of carbonyl (C=O) groups is 1. The van der Waals surface area contributed by atoms with Gasteiger partial charge in [-0.1, -0.05) is 12.1 Å². The van der Waals surface area contributed by atoms with Crippen LogP contribution in [-0.4, -0.2) is 20.4 Å². The number of Topliss-reactive ketones (excluding diaryl/α,β-unsaturated/α-hetero) is 1.